The molecular weight excluding hydrogens is 333 g/mol. The fraction of sp³-hybridized carbons (Fsp3) is 0.438. The van der Waals surface area contributed by atoms with Gasteiger partial charge in [0.2, 0.25) is 0 Å². The van der Waals surface area contributed by atoms with Crippen LogP contribution in [0.2, 0.25) is 0 Å². The largest absolute Gasteiger partial charge is 0.377 e. The first kappa shape index (κ1) is 14.6. The minimum absolute atomic E-state index is 0.245. The molecule has 0 bridgehead atoms. The van der Waals surface area contributed by atoms with Gasteiger partial charge in [-0.15, -0.1) is 0 Å². The predicted molar refractivity (Wildman–Crippen MR) is 85.8 cm³/mol. The molecule has 1 heterocycles. The van der Waals surface area contributed by atoms with Crippen LogP contribution in [-0.4, -0.2) is 9.78 Å². The maximum Gasteiger partial charge on any atom is 0.146 e. The highest BCUT2D eigenvalue weighted by molar-refractivity contribution is 9.10. The molecule has 0 amide bonds. The average molecular weight is 352 g/mol. The second kappa shape index (κ2) is 6.60. The molecule has 1 aromatic carbocycles. The topological polar surface area (TPSA) is 29.9 Å². The lowest BCUT2D eigenvalue weighted by atomic mass is 9.96. The highest BCUT2D eigenvalue weighted by Gasteiger charge is 2.16. The quantitative estimate of drug-likeness (QED) is 0.848. The summed E-state index contributed by atoms with van der Waals surface area (Å²) < 4.78 is 16.6. The molecule has 1 fully saturated rings. The zero-order chi connectivity index (χ0) is 14.7. The summed E-state index contributed by atoms with van der Waals surface area (Å²) in [5, 5.41) is 7.73. The highest BCUT2D eigenvalue weighted by atomic mass is 79.9. The molecule has 2 aromatic rings. The van der Waals surface area contributed by atoms with Gasteiger partial charge in [-0.1, -0.05) is 35.2 Å². The Labute approximate surface area is 132 Å². The summed E-state index contributed by atoms with van der Waals surface area (Å²) in [6, 6.07) is 7.44. The number of anilines is 1. The van der Waals surface area contributed by atoms with Gasteiger partial charge in [0, 0.05) is 10.7 Å². The van der Waals surface area contributed by atoms with Gasteiger partial charge in [-0.05, 0) is 37.1 Å². The molecule has 1 aromatic heterocycles. The van der Waals surface area contributed by atoms with E-state index in [4.69, 9.17) is 0 Å². The first-order valence-electron chi connectivity index (χ1n) is 7.45. The Morgan fingerprint density at radius 3 is 2.86 bits per heavy atom. The monoisotopic (exact) mass is 351 g/mol. The van der Waals surface area contributed by atoms with Crippen molar-refractivity contribution in [3.63, 3.8) is 0 Å². The van der Waals surface area contributed by atoms with E-state index in [0.717, 1.165) is 10.2 Å². The minimum atomic E-state index is -0.245. The molecule has 0 radical (unpaired) electrons. The van der Waals surface area contributed by atoms with Crippen LogP contribution in [0.3, 0.4) is 0 Å². The molecule has 1 aliphatic rings. The lowest BCUT2D eigenvalue weighted by Gasteiger charge is -2.21. The molecule has 5 heteroatoms. The Kier molecular flexibility index (Phi) is 4.58. The van der Waals surface area contributed by atoms with E-state index in [2.05, 4.69) is 31.0 Å². The summed E-state index contributed by atoms with van der Waals surface area (Å²) >= 11 is 3.35. The first-order chi connectivity index (χ1) is 10.2. The molecule has 0 aliphatic heterocycles. The van der Waals surface area contributed by atoms with Crippen LogP contribution in [0.4, 0.5) is 10.1 Å². The molecule has 0 saturated heterocycles. The maximum absolute atomic E-state index is 13.7. The molecule has 3 nitrogen and oxygen atoms in total. The fourth-order valence-corrected chi connectivity index (χ4v) is 3.20. The molecule has 0 spiro atoms. The van der Waals surface area contributed by atoms with E-state index >= 15 is 0 Å². The van der Waals surface area contributed by atoms with Gasteiger partial charge in [0.25, 0.3) is 0 Å². The van der Waals surface area contributed by atoms with Gasteiger partial charge in [-0.3, -0.25) is 4.68 Å². The molecule has 21 heavy (non-hydrogen) atoms. The van der Waals surface area contributed by atoms with Gasteiger partial charge >= 0.3 is 0 Å². The predicted octanol–water partition coefficient (Wildman–Crippen LogP) is 4.90. The second-order valence-electron chi connectivity index (χ2n) is 5.56. The number of nitrogens with one attached hydrogen (secondary N) is 1. The molecule has 1 aliphatic carbocycles. The van der Waals surface area contributed by atoms with Crippen LogP contribution in [0.15, 0.2) is 34.9 Å². The number of halogens is 2. The number of benzene rings is 1. The third kappa shape index (κ3) is 3.64. The Balaban J connectivity index is 1.63. The molecule has 0 atom stereocenters. The average Bonchev–Trinajstić information content (AvgIpc) is 2.98. The van der Waals surface area contributed by atoms with Gasteiger partial charge in [0.05, 0.1) is 24.0 Å². The molecule has 112 valence electrons. The van der Waals surface area contributed by atoms with Crippen LogP contribution in [0, 0.1) is 5.82 Å². The van der Waals surface area contributed by atoms with Gasteiger partial charge in [0.1, 0.15) is 5.82 Å². The van der Waals surface area contributed by atoms with Crippen molar-refractivity contribution in [2.45, 2.75) is 44.7 Å². The summed E-state index contributed by atoms with van der Waals surface area (Å²) in [5.41, 5.74) is 1.44. The van der Waals surface area contributed by atoms with Crippen molar-refractivity contribution in [1.29, 1.82) is 0 Å². The van der Waals surface area contributed by atoms with Crippen molar-refractivity contribution >= 4 is 21.6 Å². The standard InChI is InChI=1S/C16H19BrFN3/c17-12-6-7-15(18)16(10-12)19-11-13-8-9-21(20-13)14-4-2-1-3-5-14/h6-10,14,19H,1-5,11H2. The van der Waals surface area contributed by atoms with Crippen LogP contribution in [-0.2, 0) is 6.54 Å². The number of hydrogen-bond acceptors (Lipinski definition) is 2. The summed E-state index contributed by atoms with van der Waals surface area (Å²) in [7, 11) is 0. The Hall–Kier alpha value is -1.36. The van der Waals surface area contributed by atoms with Crippen molar-refractivity contribution in [2.75, 3.05) is 5.32 Å². The number of rotatable bonds is 4. The first-order valence-corrected chi connectivity index (χ1v) is 8.24. The normalized spacial score (nSPS) is 16.1. The molecule has 1 N–H and O–H groups in total. The summed E-state index contributed by atoms with van der Waals surface area (Å²) in [4.78, 5) is 0. The fourth-order valence-electron chi connectivity index (χ4n) is 2.84. The third-order valence-corrected chi connectivity index (χ3v) is 4.49. The SMILES string of the molecule is Fc1ccc(Br)cc1NCc1ccn(C2CCCCC2)n1. The minimum Gasteiger partial charge on any atom is -0.377 e. The Morgan fingerprint density at radius 2 is 2.05 bits per heavy atom. The van der Waals surface area contributed by atoms with Gasteiger partial charge < -0.3 is 5.32 Å². The van der Waals surface area contributed by atoms with Crippen molar-refractivity contribution in [3.05, 3.63) is 46.4 Å². The summed E-state index contributed by atoms with van der Waals surface area (Å²) in [5.74, 6) is -0.245. The van der Waals surface area contributed by atoms with Crippen molar-refractivity contribution in [1.82, 2.24) is 9.78 Å². The van der Waals surface area contributed by atoms with Crippen molar-refractivity contribution < 1.29 is 4.39 Å². The number of aromatic nitrogens is 2. The van der Waals surface area contributed by atoms with Crippen molar-refractivity contribution in [2.24, 2.45) is 0 Å². The smallest absolute Gasteiger partial charge is 0.146 e. The number of hydrogen-bond donors (Lipinski definition) is 1. The van der Waals surface area contributed by atoms with Crippen LogP contribution < -0.4 is 5.32 Å². The highest BCUT2D eigenvalue weighted by Crippen LogP contribution is 2.27. The Morgan fingerprint density at radius 1 is 1.24 bits per heavy atom. The maximum atomic E-state index is 13.7. The zero-order valence-electron chi connectivity index (χ0n) is 11.9. The van der Waals surface area contributed by atoms with E-state index in [1.165, 1.54) is 38.2 Å². The van der Waals surface area contributed by atoms with Gasteiger partial charge in [0.15, 0.2) is 0 Å². The van der Waals surface area contributed by atoms with Gasteiger partial charge in [-0.2, -0.15) is 5.10 Å². The third-order valence-electron chi connectivity index (χ3n) is 4.00. The summed E-state index contributed by atoms with van der Waals surface area (Å²) in [6.45, 7) is 0.535. The van der Waals surface area contributed by atoms with E-state index in [0.29, 0.717) is 18.3 Å². The lowest BCUT2D eigenvalue weighted by molar-refractivity contribution is 0.328. The molecule has 0 unspecified atom stereocenters. The molecule has 3 rings (SSSR count). The van der Waals surface area contributed by atoms with E-state index in [9.17, 15) is 4.39 Å². The lowest BCUT2D eigenvalue weighted by Crippen LogP contribution is -2.13. The van der Waals surface area contributed by atoms with E-state index in [1.807, 2.05) is 12.3 Å². The molecule has 1 saturated carbocycles. The molecular formula is C16H19BrFN3. The van der Waals surface area contributed by atoms with Crippen LogP contribution in [0.5, 0.6) is 0 Å². The Bertz CT molecular complexity index is 605. The van der Waals surface area contributed by atoms with Crippen LogP contribution in [0.1, 0.15) is 43.8 Å². The van der Waals surface area contributed by atoms with E-state index < -0.39 is 0 Å². The van der Waals surface area contributed by atoms with E-state index in [-0.39, 0.29) is 5.82 Å². The van der Waals surface area contributed by atoms with Crippen LogP contribution in [0.25, 0.3) is 0 Å². The second-order valence-corrected chi connectivity index (χ2v) is 6.47. The van der Waals surface area contributed by atoms with Gasteiger partial charge in [-0.25, -0.2) is 4.39 Å². The van der Waals surface area contributed by atoms with Crippen molar-refractivity contribution in [3.8, 4) is 0 Å². The zero-order valence-corrected chi connectivity index (χ0v) is 13.4. The van der Waals surface area contributed by atoms with Crippen LogP contribution >= 0.6 is 15.9 Å². The number of nitrogens with zero attached hydrogens (tertiary/aromatic N) is 2. The summed E-state index contributed by atoms with van der Waals surface area (Å²) in [6.07, 6.45) is 8.41. The van der Waals surface area contributed by atoms with E-state index in [1.54, 1.807) is 12.1 Å².